The summed E-state index contributed by atoms with van der Waals surface area (Å²) in [6, 6.07) is 5.74. The molecule has 0 saturated heterocycles. The molecule has 102 valence electrons. The van der Waals surface area contributed by atoms with Gasteiger partial charge in [0.2, 0.25) is 0 Å². The Hall–Kier alpha value is -1.59. The normalized spacial score (nSPS) is 10.7. The Kier molecular flexibility index (Phi) is 4.76. The van der Waals surface area contributed by atoms with E-state index >= 15 is 0 Å². The first-order valence-corrected chi connectivity index (χ1v) is 6.54. The van der Waals surface area contributed by atoms with Gasteiger partial charge in [-0.15, -0.1) is 5.10 Å². The predicted octanol–water partition coefficient (Wildman–Crippen LogP) is 2.16. The van der Waals surface area contributed by atoms with Crippen molar-refractivity contribution in [2.24, 2.45) is 7.05 Å². The standard InChI is InChI=1S/C13H17ClN4O/c1-3-15-7-10-5-4-6-12(14)13(10)19-9-11-8-18(2)17-16-11/h4-6,8,15H,3,7,9H2,1-2H3. The number of aryl methyl sites for hydroxylation is 1. The molecule has 0 aliphatic heterocycles. The highest BCUT2D eigenvalue weighted by molar-refractivity contribution is 6.32. The van der Waals surface area contributed by atoms with Gasteiger partial charge in [0.1, 0.15) is 18.1 Å². The largest absolute Gasteiger partial charge is 0.485 e. The molecule has 2 aromatic rings. The number of nitrogens with zero attached hydrogens (tertiary/aromatic N) is 3. The maximum absolute atomic E-state index is 6.19. The fourth-order valence-electron chi connectivity index (χ4n) is 1.72. The van der Waals surface area contributed by atoms with E-state index in [2.05, 4.69) is 22.6 Å². The molecule has 1 aromatic heterocycles. The van der Waals surface area contributed by atoms with Crippen molar-refractivity contribution in [3.63, 3.8) is 0 Å². The van der Waals surface area contributed by atoms with E-state index in [4.69, 9.17) is 16.3 Å². The smallest absolute Gasteiger partial charge is 0.142 e. The number of aromatic nitrogens is 3. The Morgan fingerprint density at radius 1 is 1.42 bits per heavy atom. The van der Waals surface area contributed by atoms with Crippen LogP contribution < -0.4 is 10.1 Å². The molecule has 1 aromatic carbocycles. The zero-order valence-corrected chi connectivity index (χ0v) is 11.8. The summed E-state index contributed by atoms with van der Waals surface area (Å²) in [4.78, 5) is 0. The summed E-state index contributed by atoms with van der Waals surface area (Å²) in [5, 5.41) is 11.7. The van der Waals surface area contributed by atoms with E-state index in [0.717, 1.165) is 24.3 Å². The highest BCUT2D eigenvalue weighted by Gasteiger charge is 2.09. The Labute approximate surface area is 117 Å². The van der Waals surface area contributed by atoms with Gasteiger partial charge in [-0.1, -0.05) is 35.9 Å². The molecule has 0 unspecified atom stereocenters. The topological polar surface area (TPSA) is 52.0 Å². The van der Waals surface area contributed by atoms with E-state index in [1.807, 2.05) is 31.4 Å². The van der Waals surface area contributed by atoms with E-state index in [9.17, 15) is 0 Å². The van der Waals surface area contributed by atoms with Crippen molar-refractivity contribution in [1.82, 2.24) is 20.3 Å². The second-order valence-corrected chi connectivity index (χ2v) is 4.59. The minimum Gasteiger partial charge on any atom is -0.485 e. The van der Waals surface area contributed by atoms with E-state index < -0.39 is 0 Å². The van der Waals surface area contributed by atoms with Crippen molar-refractivity contribution in [1.29, 1.82) is 0 Å². The second-order valence-electron chi connectivity index (χ2n) is 4.18. The van der Waals surface area contributed by atoms with Crippen molar-refractivity contribution < 1.29 is 4.74 Å². The van der Waals surface area contributed by atoms with Crippen LogP contribution in [0.5, 0.6) is 5.75 Å². The van der Waals surface area contributed by atoms with E-state index in [1.54, 1.807) is 4.68 Å². The Bertz CT molecular complexity index is 541. The monoisotopic (exact) mass is 280 g/mol. The number of nitrogens with one attached hydrogen (secondary N) is 1. The van der Waals surface area contributed by atoms with Crippen LogP contribution >= 0.6 is 11.6 Å². The molecular formula is C13H17ClN4O. The molecule has 1 heterocycles. The van der Waals surface area contributed by atoms with Gasteiger partial charge in [0.05, 0.1) is 11.2 Å². The minimum atomic E-state index is 0.358. The molecule has 0 spiro atoms. The molecule has 6 heteroatoms. The minimum absolute atomic E-state index is 0.358. The van der Waals surface area contributed by atoms with Crippen LogP contribution in [-0.2, 0) is 20.2 Å². The Morgan fingerprint density at radius 2 is 2.26 bits per heavy atom. The van der Waals surface area contributed by atoms with E-state index in [-0.39, 0.29) is 0 Å². The molecule has 0 aliphatic rings. The number of ether oxygens (including phenoxy) is 1. The summed E-state index contributed by atoms with van der Waals surface area (Å²) in [5.74, 6) is 0.704. The summed E-state index contributed by atoms with van der Waals surface area (Å²) < 4.78 is 7.42. The first-order chi connectivity index (χ1) is 9.20. The molecule has 2 rings (SSSR count). The van der Waals surface area contributed by atoms with Crippen molar-refractivity contribution in [2.75, 3.05) is 6.54 Å². The number of para-hydroxylation sites is 1. The van der Waals surface area contributed by atoms with Crippen LogP contribution in [0.4, 0.5) is 0 Å². The lowest BCUT2D eigenvalue weighted by Crippen LogP contribution is -2.13. The lowest BCUT2D eigenvalue weighted by molar-refractivity contribution is 0.297. The number of hydrogen-bond donors (Lipinski definition) is 1. The summed E-state index contributed by atoms with van der Waals surface area (Å²) >= 11 is 6.19. The molecule has 0 atom stereocenters. The van der Waals surface area contributed by atoms with Crippen LogP contribution in [0.3, 0.4) is 0 Å². The summed E-state index contributed by atoms with van der Waals surface area (Å²) in [7, 11) is 1.82. The summed E-state index contributed by atoms with van der Waals surface area (Å²) in [6.07, 6.45) is 1.82. The van der Waals surface area contributed by atoms with E-state index in [0.29, 0.717) is 17.4 Å². The molecular weight excluding hydrogens is 264 g/mol. The Balaban J connectivity index is 2.09. The van der Waals surface area contributed by atoms with Crippen molar-refractivity contribution >= 4 is 11.6 Å². The van der Waals surface area contributed by atoms with Gasteiger partial charge in [0, 0.05) is 19.2 Å². The van der Waals surface area contributed by atoms with Crippen LogP contribution in [0.1, 0.15) is 18.2 Å². The molecule has 1 N–H and O–H groups in total. The third kappa shape index (κ3) is 3.68. The average molecular weight is 281 g/mol. The zero-order valence-electron chi connectivity index (χ0n) is 11.1. The van der Waals surface area contributed by atoms with Gasteiger partial charge < -0.3 is 10.1 Å². The molecule has 0 radical (unpaired) electrons. The first-order valence-electron chi connectivity index (χ1n) is 6.16. The number of benzene rings is 1. The van der Waals surface area contributed by atoms with Crippen LogP contribution in [0.2, 0.25) is 5.02 Å². The molecule has 0 amide bonds. The van der Waals surface area contributed by atoms with Gasteiger partial charge >= 0.3 is 0 Å². The van der Waals surface area contributed by atoms with Crippen LogP contribution in [0.25, 0.3) is 0 Å². The van der Waals surface area contributed by atoms with Gasteiger partial charge in [-0.25, -0.2) is 0 Å². The fraction of sp³-hybridized carbons (Fsp3) is 0.385. The maximum atomic E-state index is 6.19. The maximum Gasteiger partial charge on any atom is 0.142 e. The Morgan fingerprint density at radius 3 is 2.95 bits per heavy atom. The van der Waals surface area contributed by atoms with E-state index in [1.165, 1.54) is 0 Å². The van der Waals surface area contributed by atoms with Crippen molar-refractivity contribution in [3.05, 3.63) is 40.7 Å². The second kappa shape index (κ2) is 6.54. The summed E-state index contributed by atoms with van der Waals surface area (Å²) in [5.41, 5.74) is 1.81. The van der Waals surface area contributed by atoms with Gasteiger partial charge in [-0.05, 0) is 12.6 Å². The first kappa shape index (κ1) is 13.8. The van der Waals surface area contributed by atoms with Crippen LogP contribution in [-0.4, -0.2) is 21.5 Å². The van der Waals surface area contributed by atoms with Crippen LogP contribution in [0, 0.1) is 0 Å². The molecule has 0 fully saturated rings. The number of hydrogen-bond acceptors (Lipinski definition) is 4. The molecule has 0 saturated carbocycles. The third-order valence-corrected chi connectivity index (χ3v) is 2.93. The number of halogens is 1. The molecule has 0 aliphatic carbocycles. The fourth-order valence-corrected chi connectivity index (χ4v) is 1.97. The summed E-state index contributed by atoms with van der Waals surface area (Å²) in [6.45, 7) is 4.05. The molecule has 19 heavy (non-hydrogen) atoms. The van der Waals surface area contributed by atoms with Gasteiger partial charge in [0.25, 0.3) is 0 Å². The lowest BCUT2D eigenvalue weighted by atomic mass is 10.2. The SMILES string of the molecule is CCNCc1cccc(Cl)c1OCc1cn(C)nn1. The molecule has 5 nitrogen and oxygen atoms in total. The highest BCUT2D eigenvalue weighted by atomic mass is 35.5. The molecule has 0 bridgehead atoms. The van der Waals surface area contributed by atoms with Crippen molar-refractivity contribution in [3.8, 4) is 5.75 Å². The third-order valence-electron chi connectivity index (χ3n) is 2.63. The quantitative estimate of drug-likeness (QED) is 0.881. The van der Waals surface area contributed by atoms with Gasteiger partial charge in [0.15, 0.2) is 0 Å². The van der Waals surface area contributed by atoms with Gasteiger partial charge in [-0.2, -0.15) is 0 Å². The predicted molar refractivity (Wildman–Crippen MR) is 74.2 cm³/mol. The lowest BCUT2D eigenvalue weighted by Gasteiger charge is -2.12. The zero-order chi connectivity index (χ0) is 13.7. The average Bonchev–Trinajstić information content (AvgIpc) is 2.81. The number of rotatable bonds is 6. The van der Waals surface area contributed by atoms with Crippen LogP contribution in [0.15, 0.2) is 24.4 Å². The van der Waals surface area contributed by atoms with Crippen molar-refractivity contribution in [2.45, 2.75) is 20.1 Å². The van der Waals surface area contributed by atoms with Gasteiger partial charge in [-0.3, -0.25) is 4.68 Å². The highest BCUT2D eigenvalue weighted by Crippen LogP contribution is 2.29.